The Morgan fingerprint density at radius 2 is 2.00 bits per heavy atom. The fraction of sp³-hybridized carbons (Fsp3) is 0.250. The van der Waals surface area contributed by atoms with Gasteiger partial charge < -0.3 is 0 Å². The van der Waals surface area contributed by atoms with E-state index in [1.807, 2.05) is 6.92 Å². The lowest BCUT2D eigenvalue weighted by molar-refractivity contribution is -0.137. The van der Waals surface area contributed by atoms with Crippen molar-refractivity contribution in [1.29, 1.82) is 0 Å². The predicted octanol–water partition coefficient (Wildman–Crippen LogP) is 3.37. The first-order valence-corrected chi connectivity index (χ1v) is 6.53. The minimum Gasteiger partial charge on any atom is -0.296 e. The van der Waals surface area contributed by atoms with Crippen molar-refractivity contribution in [1.82, 2.24) is 10.2 Å². The number of nitrogens with one attached hydrogen (secondary N) is 1. The summed E-state index contributed by atoms with van der Waals surface area (Å²) in [4.78, 5) is 11.9. The number of carbonyl (C=O) groups excluding carboxylic acids is 1. The number of amides is 1. The summed E-state index contributed by atoms with van der Waals surface area (Å²) in [6.07, 6.45) is -3.93. The Morgan fingerprint density at radius 1 is 1.30 bits per heavy atom. The number of benzene rings is 1. The Bertz CT molecular complexity index is 624. The maximum atomic E-state index is 12.8. The van der Waals surface area contributed by atoms with Gasteiger partial charge in [-0.3, -0.25) is 10.1 Å². The van der Waals surface area contributed by atoms with Crippen LogP contribution in [0.4, 0.5) is 18.3 Å². The lowest BCUT2D eigenvalue weighted by Gasteiger charge is -2.11. The molecule has 1 aromatic carbocycles. The van der Waals surface area contributed by atoms with Gasteiger partial charge in [-0.2, -0.15) is 13.2 Å². The average molecular weight is 301 g/mol. The van der Waals surface area contributed by atoms with Gasteiger partial charge in [0.1, 0.15) is 5.01 Å². The molecule has 0 fully saturated rings. The Labute approximate surface area is 116 Å². The van der Waals surface area contributed by atoms with Crippen molar-refractivity contribution in [3.8, 4) is 0 Å². The van der Waals surface area contributed by atoms with Gasteiger partial charge in [-0.25, -0.2) is 0 Å². The fourth-order valence-corrected chi connectivity index (χ4v) is 2.21. The zero-order chi connectivity index (χ0) is 14.8. The van der Waals surface area contributed by atoms with E-state index in [2.05, 4.69) is 15.5 Å². The van der Waals surface area contributed by atoms with E-state index in [4.69, 9.17) is 0 Å². The molecule has 2 rings (SSSR count). The molecule has 0 saturated heterocycles. The summed E-state index contributed by atoms with van der Waals surface area (Å²) in [5, 5.41) is 10.7. The lowest BCUT2D eigenvalue weighted by Crippen LogP contribution is -2.18. The van der Waals surface area contributed by atoms with Crippen LogP contribution in [0.5, 0.6) is 0 Å². The summed E-state index contributed by atoms with van der Waals surface area (Å²) in [7, 11) is 0. The van der Waals surface area contributed by atoms with E-state index in [1.54, 1.807) is 0 Å². The summed E-state index contributed by atoms with van der Waals surface area (Å²) in [6.45, 7) is 1.87. The normalized spacial score (nSPS) is 11.4. The second kappa shape index (κ2) is 5.58. The van der Waals surface area contributed by atoms with E-state index in [9.17, 15) is 18.0 Å². The van der Waals surface area contributed by atoms with E-state index in [-0.39, 0.29) is 5.13 Å². The molecule has 2 aromatic rings. The highest BCUT2D eigenvalue weighted by molar-refractivity contribution is 7.15. The molecule has 0 bridgehead atoms. The van der Waals surface area contributed by atoms with E-state index < -0.39 is 23.2 Å². The first-order chi connectivity index (χ1) is 9.41. The molecule has 0 aliphatic rings. The van der Waals surface area contributed by atoms with Crippen LogP contribution in [0.15, 0.2) is 24.3 Å². The van der Waals surface area contributed by atoms with Crippen molar-refractivity contribution >= 4 is 22.4 Å². The molecule has 0 aliphatic heterocycles. The third-order valence-corrected chi connectivity index (χ3v) is 3.45. The monoisotopic (exact) mass is 301 g/mol. The average Bonchev–Trinajstić information content (AvgIpc) is 2.85. The molecule has 8 heteroatoms. The van der Waals surface area contributed by atoms with Crippen molar-refractivity contribution in [2.75, 3.05) is 5.32 Å². The van der Waals surface area contributed by atoms with Gasteiger partial charge in [0.15, 0.2) is 0 Å². The molecule has 106 valence electrons. The van der Waals surface area contributed by atoms with Gasteiger partial charge in [0.25, 0.3) is 5.91 Å². The molecule has 0 aliphatic carbocycles. The summed E-state index contributed by atoms with van der Waals surface area (Å²) in [6, 6.07) is 4.61. The number of aromatic nitrogens is 2. The predicted molar refractivity (Wildman–Crippen MR) is 68.7 cm³/mol. The second-order valence-electron chi connectivity index (χ2n) is 3.85. The quantitative estimate of drug-likeness (QED) is 0.945. The van der Waals surface area contributed by atoms with Gasteiger partial charge >= 0.3 is 6.18 Å². The standard InChI is InChI=1S/C12H10F3N3OS/c1-2-9-17-18-11(20-9)16-10(19)7-5-3-4-6-8(7)12(13,14)15/h3-6H,2H2,1H3,(H,16,18,19). The molecule has 1 aromatic heterocycles. The molecular weight excluding hydrogens is 291 g/mol. The van der Waals surface area contributed by atoms with Gasteiger partial charge in [-0.05, 0) is 18.6 Å². The molecule has 4 nitrogen and oxygen atoms in total. The minimum absolute atomic E-state index is 0.184. The van der Waals surface area contributed by atoms with Gasteiger partial charge in [0.05, 0.1) is 11.1 Å². The molecule has 1 amide bonds. The first-order valence-electron chi connectivity index (χ1n) is 5.71. The van der Waals surface area contributed by atoms with Crippen LogP contribution < -0.4 is 5.32 Å². The smallest absolute Gasteiger partial charge is 0.296 e. The largest absolute Gasteiger partial charge is 0.417 e. The van der Waals surface area contributed by atoms with Gasteiger partial charge in [0.2, 0.25) is 5.13 Å². The van der Waals surface area contributed by atoms with E-state index in [1.165, 1.54) is 12.1 Å². The van der Waals surface area contributed by atoms with Crippen LogP contribution in [-0.2, 0) is 12.6 Å². The Balaban J connectivity index is 2.25. The summed E-state index contributed by atoms with van der Waals surface area (Å²) in [5.41, 5.74) is -1.41. The second-order valence-corrected chi connectivity index (χ2v) is 4.91. The van der Waals surface area contributed by atoms with Crippen LogP contribution in [-0.4, -0.2) is 16.1 Å². The molecule has 1 N–H and O–H groups in total. The molecule has 0 unspecified atom stereocenters. The number of anilines is 1. The highest BCUT2D eigenvalue weighted by Crippen LogP contribution is 2.32. The van der Waals surface area contributed by atoms with E-state index in [0.717, 1.165) is 23.5 Å². The van der Waals surface area contributed by atoms with E-state index >= 15 is 0 Å². The molecule has 0 atom stereocenters. The van der Waals surface area contributed by atoms with Crippen molar-refractivity contribution in [2.24, 2.45) is 0 Å². The Morgan fingerprint density at radius 3 is 2.60 bits per heavy atom. The lowest BCUT2D eigenvalue weighted by atomic mass is 10.1. The molecule has 0 radical (unpaired) electrons. The zero-order valence-corrected chi connectivity index (χ0v) is 11.2. The van der Waals surface area contributed by atoms with Gasteiger partial charge in [0, 0.05) is 0 Å². The fourth-order valence-electron chi connectivity index (χ4n) is 1.54. The van der Waals surface area contributed by atoms with E-state index in [0.29, 0.717) is 11.4 Å². The minimum atomic E-state index is -4.58. The maximum Gasteiger partial charge on any atom is 0.417 e. The van der Waals surface area contributed by atoms with Crippen molar-refractivity contribution in [3.63, 3.8) is 0 Å². The Hall–Kier alpha value is -1.96. The molecule has 20 heavy (non-hydrogen) atoms. The summed E-state index contributed by atoms with van der Waals surface area (Å²) in [5.74, 6) is -0.850. The van der Waals surface area contributed by atoms with Crippen LogP contribution in [0, 0.1) is 0 Å². The summed E-state index contributed by atoms with van der Waals surface area (Å²) >= 11 is 1.13. The van der Waals surface area contributed by atoms with Crippen molar-refractivity contribution in [3.05, 3.63) is 40.4 Å². The van der Waals surface area contributed by atoms with Crippen molar-refractivity contribution in [2.45, 2.75) is 19.5 Å². The molecule has 0 saturated carbocycles. The van der Waals surface area contributed by atoms with Crippen LogP contribution in [0.3, 0.4) is 0 Å². The van der Waals surface area contributed by atoms with Crippen LogP contribution >= 0.6 is 11.3 Å². The number of halogens is 3. The first kappa shape index (κ1) is 14.4. The highest BCUT2D eigenvalue weighted by Gasteiger charge is 2.34. The number of carbonyl (C=O) groups is 1. The third kappa shape index (κ3) is 3.13. The number of hydrogen-bond donors (Lipinski definition) is 1. The number of aryl methyl sites for hydroxylation is 1. The molecule has 0 spiro atoms. The zero-order valence-electron chi connectivity index (χ0n) is 10.4. The third-order valence-electron chi connectivity index (χ3n) is 2.47. The number of hydrogen-bond acceptors (Lipinski definition) is 4. The van der Waals surface area contributed by atoms with Crippen LogP contribution in [0.25, 0.3) is 0 Å². The van der Waals surface area contributed by atoms with Gasteiger partial charge in [-0.15, -0.1) is 10.2 Å². The summed E-state index contributed by atoms with van der Waals surface area (Å²) < 4.78 is 38.4. The number of alkyl halides is 3. The molecule has 1 heterocycles. The topological polar surface area (TPSA) is 54.9 Å². The van der Waals surface area contributed by atoms with Gasteiger partial charge in [-0.1, -0.05) is 30.4 Å². The Kier molecular flexibility index (Phi) is 4.03. The maximum absolute atomic E-state index is 12.8. The number of nitrogens with zero attached hydrogens (tertiary/aromatic N) is 2. The highest BCUT2D eigenvalue weighted by atomic mass is 32.1. The SMILES string of the molecule is CCc1nnc(NC(=O)c2ccccc2C(F)(F)F)s1. The number of rotatable bonds is 3. The van der Waals surface area contributed by atoms with Crippen LogP contribution in [0.1, 0.15) is 27.9 Å². The molecular formula is C12H10F3N3OS. The van der Waals surface area contributed by atoms with Crippen molar-refractivity contribution < 1.29 is 18.0 Å². The van der Waals surface area contributed by atoms with Crippen LogP contribution in [0.2, 0.25) is 0 Å².